The quantitative estimate of drug-likeness (QED) is 0.492. The van der Waals surface area contributed by atoms with E-state index in [0.717, 1.165) is 43.6 Å². The summed E-state index contributed by atoms with van der Waals surface area (Å²) in [7, 11) is 0. The molecule has 0 bridgehead atoms. The van der Waals surface area contributed by atoms with E-state index in [9.17, 15) is 0 Å². The van der Waals surface area contributed by atoms with Crippen molar-refractivity contribution >= 4 is 0 Å². The van der Waals surface area contributed by atoms with Gasteiger partial charge in [0.15, 0.2) is 0 Å². The van der Waals surface area contributed by atoms with Gasteiger partial charge in [0.25, 0.3) is 0 Å². The van der Waals surface area contributed by atoms with Crippen LogP contribution >= 0.6 is 0 Å². The normalized spacial score (nSPS) is 28.4. The summed E-state index contributed by atoms with van der Waals surface area (Å²) in [5, 5.41) is 0. The van der Waals surface area contributed by atoms with E-state index < -0.39 is 0 Å². The van der Waals surface area contributed by atoms with Gasteiger partial charge in [-0.2, -0.15) is 0 Å². The zero-order valence-corrected chi connectivity index (χ0v) is 15.4. The Kier molecular flexibility index (Phi) is 5.19. The van der Waals surface area contributed by atoms with Gasteiger partial charge in [-0.3, -0.25) is 0 Å². The average Bonchev–Trinajstić information content (AvgIpc) is 3.08. The van der Waals surface area contributed by atoms with E-state index in [-0.39, 0.29) is 11.7 Å². The van der Waals surface area contributed by atoms with E-state index in [4.69, 9.17) is 14.2 Å². The minimum atomic E-state index is 0.136. The number of epoxide rings is 1. The van der Waals surface area contributed by atoms with Gasteiger partial charge < -0.3 is 14.2 Å². The summed E-state index contributed by atoms with van der Waals surface area (Å²) in [5.41, 5.74) is 2.87. The highest BCUT2D eigenvalue weighted by Crippen LogP contribution is 2.42. The van der Waals surface area contributed by atoms with Crippen LogP contribution in [0.5, 0.6) is 11.5 Å². The third kappa shape index (κ3) is 3.94. The molecule has 0 aliphatic carbocycles. The van der Waals surface area contributed by atoms with Crippen molar-refractivity contribution in [3.63, 3.8) is 0 Å². The van der Waals surface area contributed by atoms with Gasteiger partial charge in [0.2, 0.25) is 0 Å². The van der Waals surface area contributed by atoms with E-state index in [2.05, 4.69) is 39.8 Å². The predicted octanol–water partition coefficient (Wildman–Crippen LogP) is 5.07. The lowest BCUT2D eigenvalue weighted by atomic mass is 9.98. The second-order valence-electron chi connectivity index (χ2n) is 7.24. The Morgan fingerprint density at radius 3 is 2.92 bits per heavy atom. The van der Waals surface area contributed by atoms with Crippen molar-refractivity contribution in [1.29, 1.82) is 0 Å². The largest absolute Gasteiger partial charge is 0.490 e. The van der Waals surface area contributed by atoms with Gasteiger partial charge >= 0.3 is 0 Å². The van der Waals surface area contributed by atoms with Crippen LogP contribution in [0.3, 0.4) is 0 Å². The van der Waals surface area contributed by atoms with Crippen molar-refractivity contribution < 1.29 is 14.2 Å². The summed E-state index contributed by atoms with van der Waals surface area (Å²) in [6.07, 6.45) is 8.33. The maximum absolute atomic E-state index is 5.90. The van der Waals surface area contributed by atoms with Gasteiger partial charge in [-0.15, -0.1) is 0 Å². The van der Waals surface area contributed by atoms with Crippen molar-refractivity contribution in [2.24, 2.45) is 0 Å². The summed E-state index contributed by atoms with van der Waals surface area (Å²) in [4.78, 5) is 0. The number of hydrogen-bond acceptors (Lipinski definition) is 3. The first-order valence-corrected chi connectivity index (χ1v) is 9.32. The van der Waals surface area contributed by atoms with E-state index in [1.807, 2.05) is 12.1 Å². The summed E-state index contributed by atoms with van der Waals surface area (Å²) >= 11 is 0. The van der Waals surface area contributed by atoms with E-state index in [1.54, 1.807) is 0 Å². The molecule has 1 saturated heterocycles. The van der Waals surface area contributed by atoms with Crippen molar-refractivity contribution in [3.05, 3.63) is 35.4 Å². The van der Waals surface area contributed by atoms with Gasteiger partial charge in [0, 0.05) is 12.5 Å². The van der Waals surface area contributed by atoms with Crippen molar-refractivity contribution in [1.82, 2.24) is 0 Å². The lowest BCUT2D eigenvalue weighted by Crippen LogP contribution is -2.07. The first-order chi connectivity index (χ1) is 11.5. The van der Waals surface area contributed by atoms with Crippen LogP contribution in [-0.2, 0) is 11.2 Å². The van der Waals surface area contributed by atoms with Gasteiger partial charge in [-0.05, 0) is 57.2 Å². The summed E-state index contributed by atoms with van der Waals surface area (Å²) in [6, 6.07) is 6.18. The molecule has 3 rings (SSSR count). The minimum absolute atomic E-state index is 0.136. The molecule has 0 amide bonds. The van der Waals surface area contributed by atoms with Crippen molar-refractivity contribution in [2.45, 2.75) is 77.6 Å². The van der Waals surface area contributed by atoms with E-state index >= 15 is 0 Å². The lowest BCUT2D eigenvalue weighted by molar-refractivity contribution is 0.253. The maximum atomic E-state index is 5.90. The fourth-order valence-electron chi connectivity index (χ4n) is 3.43. The fraction of sp³-hybridized carbons (Fsp3) is 0.619. The molecule has 2 aliphatic heterocycles. The Balaban J connectivity index is 1.47. The molecular weight excluding hydrogens is 300 g/mol. The first-order valence-electron chi connectivity index (χ1n) is 9.32. The molecule has 132 valence electrons. The minimum Gasteiger partial charge on any atom is -0.490 e. The molecule has 1 aromatic rings. The van der Waals surface area contributed by atoms with Gasteiger partial charge in [-0.1, -0.05) is 25.5 Å². The molecule has 0 N–H and O–H groups in total. The van der Waals surface area contributed by atoms with Crippen LogP contribution < -0.4 is 9.47 Å². The number of hydrogen-bond donors (Lipinski definition) is 0. The number of rotatable bonds is 8. The van der Waals surface area contributed by atoms with Crippen molar-refractivity contribution in [2.75, 3.05) is 6.61 Å². The Morgan fingerprint density at radius 2 is 2.21 bits per heavy atom. The molecule has 24 heavy (non-hydrogen) atoms. The van der Waals surface area contributed by atoms with E-state index in [0.29, 0.717) is 12.7 Å². The Hall–Kier alpha value is -1.48. The molecule has 0 radical (unpaired) electrons. The molecule has 3 unspecified atom stereocenters. The highest BCUT2D eigenvalue weighted by atomic mass is 16.6. The van der Waals surface area contributed by atoms with Crippen LogP contribution in [0.1, 0.15) is 58.9 Å². The van der Waals surface area contributed by atoms with Crippen LogP contribution in [0.2, 0.25) is 0 Å². The second-order valence-corrected chi connectivity index (χ2v) is 7.24. The fourth-order valence-corrected chi connectivity index (χ4v) is 3.43. The zero-order chi connectivity index (χ0) is 17.2. The number of ether oxygens (including phenoxy) is 3. The monoisotopic (exact) mass is 330 g/mol. The van der Waals surface area contributed by atoms with Gasteiger partial charge in [0.1, 0.15) is 24.2 Å². The standard InChI is InChI=1S/C21H30O3/c1-5-16(7-10-20-21(4,6-2)24-20)11-12-22-18-9-8-17-13-15(3)23-19(17)14-18/h8-9,11,14-15,20H,5-7,10,12-13H2,1-4H3/b16-11+. The third-order valence-electron chi connectivity index (χ3n) is 5.42. The number of benzene rings is 1. The summed E-state index contributed by atoms with van der Waals surface area (Å²) in [5.74, 6) is 1.86. The first kappa shape index (κ1) is 17.3. The highest BCUT2D eigenvalue weighted by molar-refractivity contribution is 5.43. The molecular formula is C21H30O3. The number of allylic oxidation sites excluding steroid dienone is 1. The smallest absolute Gasteiger partial charge is 0.126 e. The van der Waals surface area contributed by atoms with Crippen LogP contribution in [-0.4, -0.2) is 24.4 Å². The summed E-state index contributed by atoms with van der Waals surface area (Å²) in [6.45, 7) is 9.35. The second kappa shape index (κ2) is 7.18. The summed E-state index contributed by atoms with van der Waals surface area (Å²) < 4.78 is 17.5. The molecule has 3 atom stereocenters. The lowest BCUT2D eigenvalue weighted by Gasteiger charge is -2.08. The van der Waals surface area contributed by atoms with Crippen LogP contribution in [0.25, 0.3) is 0 Å². The van der Waals surface area contributed by atoms with Crippen LogP contribution in [0.4, 0.5) is 0 Å². The molecule has 0 saturated carbocycles. The molecule has 3 heteroatoms. The molecule has 2 heterocycles. The molecule has 2 aliphatic rings. The maximum Gasteiger partial charge on any atom is 0.126 e. The Morgan fingerprint density at radius 1 is 1.38 bits per heavy atom. The third-order valence-corrected chi connectivity index (χ3v) is 5.42. The van der Waals surface area contributed by atoms with E-state index in [1.165, 1.54) is 11.1 Å². The predicted molar refractivity (Wildman–Crippen MR) is 96.9 cm³/mol. The number of fused-ring (bicyclic) bond motifs is 1. The van der Waals surface area contributed by atoms with Gasteiger partial charge in [0.05, 0.1) is 11.7 Å². The Labute approximate surface area is 146 Å². The molecule has 1 fully saturated rings. The molecule has 1 aromatic carbocycles. The molecule has 0 spiro atoms. The average molecular weight is 330 g/mol. The Bertz CT molecular complexity index is 607. The molecule has 0 aromatic heterocycles. The SMILES string of the molecule is CC/C(=C\COc1ccc2c(c1)OC(C)C2)CCC1OC1(C)CC. The van der Waals surface area contributed by atoms with Crippen LogP contribution in [0, 0.1) is 0 Å². The zero-order valence-electron chi connectivity index (χ0n) is 15.4. The van der Waals surface area contributed by atoms with Crippen LogP contribution in [0.15, 0.2) is 29.8 Å². The van der Waals surface area contributed by atoms with Crippen molar-refractivity contribution in [3.8, 4) is 11.5 Å². The highest BCUT2D eigenvalue weighted by Gasteiger charge is 2.49. The van der Waals surface area contributed by atoms with Gasteiger partial charge in [-0.25, -0.2) is 0 Å². The molecule has 3 nitrogen and oxygen atoms in total. The topological polar surface area (TPSA) is 31.0 Å².